The highest BCUT2D eigenvalue weighted by molar-refractivity contribution is 7.80. The van der Waals surface area contributed by atoms with Gasteiger partial charge in [0.1, 0.15) is 11.3 Å². The average Bonchev–Trinajstić information content (AvgIpc) is 2.67. The van der Waals surface area contributed by atoms with E-state index in [0.29, 0.717) is 11.7 Å². The number of ether oxygens (including phenoxy) is 1. The van der Waals surface area contributed by atoms with Gasteiger partial charge in [-0.3, -0.25) is 4.40 Å². The van der Waals surface area contributed by atoms with Crippen molar-refractivity contribution in [2.45, 2.75) is 26.7 Å². The summed E-state index contributed by atoms with van der Waals surface area (Å²) in [5.41, 5.74) is 2.88. The Morgan fingerprint density at radius 2 is 2.24 bits per heavy atom. The van der Waals surface area contributed by atoms with Gasteiger partial charge in [0.05, 0.1) is 12.3 Å². The van der Waals surface area contributed by atoms with E-state index in [0.717, 1.165) is 29.9 Å². The average molecular weight is 248 g/mol. The predicted octanol–water partition coefficient (Wildman–Crippen LogP) is 3.00. The summed E-state index contributed by atoms with van der Waals surface area (Å²) in [6.45, 7) is 4.66. The fourth-order valence-corrected chi connectivity index (χ4v) is 2.21. The molecular formula is C13H16N2OS. The van der Waals surface area contributed by atoms with Gasteiger partial charge < -0.3 is 4.74 Å². The monoisotopic (exact) mass is 248 g/mol. The van der Waals surface area contributed by atoms with E-state index in [1.165, 1.54) is 0 Å². The lowest BCUT2D eigenvalue weighted by molar-refractivity contribution is 0.336. The van der Waals surface area contributed by atoms with Gasteiger partial charge in [0.2, 0.25) is 5.05 Å². The molecule has 0 aliphatic rings. The van der Waals surface area contributed by atoms with E-state index < -0.39 is 0 Å². The molecule has 0 saturated carbocycles. The molecular weight excluding hydrogens is 232 g/mol. The third-order valence-electron chi connectivity index (χ3n) is 2.56. The zero-order valence-corrected chi connectivity index (χ0v) is 11.0. The van der Waals surface area contributed by atoms with Crippen molar-refractivity contribution >= 4 is 22.9 Å². The summed E-state index contributed by atoms with van der Waals surface area (Å²) in [5.74, 6) is 0. The molecule has 0 spiro atoms. The van der Waals surface area contributed by atoms with Crippen molar-refractivity contribution in [2.75, 3.05) is 6.61 Å². The molecule has 0 fully saturated rings. The molecule has 0 atom stereocenters. The molecule has 3 nitrogen and oxygen atoms in total. The van der Waals surface area contributed by atoms with Crippen molar-refractivity contribution in [2.24, 2.45) is 0 Å². The van der Waals surface area contributed by atoms with Gasteiger partial charge in [-0.1, -0.05) is 19.4 Å². The summed E-state index contributed by atoms with van der Waals surface area (Å²) < 4.78 is 7.45. The molecule has 0 saturated heterocycles. The van der Waals surface area contributed by atoms with E-state index in [1.807, 2.05) is 35.7 Å². The van der Waals surface area contributed by atoms with Gasteiger partial charge in [0.25, 0.3) is 0 Å². The molecule has 90 valence electrons. The van der Waals surface area contributed by atoms with Gasteiger partial charge >= 0.3 is 0 Å². The van der Waals surface area contributed by atoms with Crippen LogP contribution < -0.4 is 0 Å². The van der Waals surface area contributed by atoms with Crippen molar-refractivity contribution in [1.29, 1.82) is 0 Å². The molecule has 0 radical (unpaired) electrons. The van der Waals surface area contributed by atoms with Gasteiger partial charge in [-0.25, -0.2) is 4.98 Å². The van der Waals surface area contributed by atoms with Crippen molar-refractivity contribution in [1.82, 2.24) is 9.38 Å². The molecule has 0 aliphatic carbocycles. The number of thiocarbonyl (C=S) groups is 1. The molecule has 0 aliphatic heterocycles. The maximum atomic E-state index is 5.45. The first-order chi connectivity index (χ1) is 8.27. The standard InChI is InChI=1S/C13H16N2OS/c1-3-7-10-12(13(17)16-4-2)15-9-6-5-8-11(15)14-10/h5-6,8-9H,3-4,7H2,1-2H3. The van der Waals surface area contributed by atoms with Crippen LogP contribution in [0.1, 0.15) is 31.7 Å². The summed E-state index contributed by atoms with van der Waals surface area (Å²) in [7, 11) is 0. The van der Waals surface area contributed by atoms with E-state index >= 15 is 0 Å². The first kappa shape index (κ1) is 12.0. The van der Waals surface area contributed by atoms with Crippen molar-refractivity contribution in [3.63, 3.8) is 0 Å². The zero-order valence-electron chi connectivity index (χ0n) is 10.1. The van der Waals surface area contributed by atoms with Crippen LogP contribution in [-0.4, -0.2) is 21.0 Å². The van der Waals surface area contributed by atoms with E-state index in [2.05, 4.69) is 11.9 Å². The van der Waals surface area contributed by atoms with Crippen molar-refractivity contribution < 1.29 is 4.74 Å². The number of imidazole rings is 1. The number of nitrogens with zero attached hydrogens (tertiary/aromatic N) is 2. The first-order valence-electron chi connectivity index (χ1n) is 5.91. The number of hydrogen-bond acceptors (Lipinski definition) is 3. The first-order valence-corrected chi connectivity index (χ1v) is 6.31. The summed E-state index contributed by atoms with van der Waals surface area (Å²) in [4.78, 5) is 4.60. The molecule has 2 aromatic heterocycles. The molecule has 0 bridgehead atoms. The van der Waals surface area contributed by atoms with Gasteiger partial charge in [-0.2, -0.15) is 0 Å². The number of aromatic nitrogens is 2. The topological polar surface area (TPSA) is 26.5 Å². The second kappa shape index (κ2) is 5.27. The number of hydrogen-bond donors (Lipinski definition) is 0. The number of pyridine rings is 1. The zero-order chi connectivity index (χ0) is 12.3. The highest BCUT2D eigenvalue weighted by atomic mass is 32.1. The maximum Gasteiger partial charge on any atom is 0.210 e. The van der Waals surface area contributed by atoms with Crippen LogP contribution in [0, 0.1) is 0 Å². The van der Waals surface area contributed by atoms with Crippen LogP contribution in [0.4, 0.5) is 0 Å². The van der Waals surface area contributed by atoms with E-state index in [4.69, 9.17) is 17.0 Å². The number of aryl methyl sites for hydroxylation is 1. The third-order valence-corrected chi connectivity index (χ3v) is 2.87. The maximum absolute atomic E-state index is 5.45. The van der Waals surface area contributed by atoms with Crippen LogP contribution in [-0.2, 0) is 11.2 Å². The second-order valence-electron chi connectivity index (χ2n) is 3.81. The Kier molecular flexibility index (Phi) is 3.74. The van der Waals surface area contributed by atoms with Crippen LogP contribution in [0.3, 0.4) is 0 Å². The van der Waals surface area contributed by atoms with Gasteiger partial charge in [0, 0.05) is 6.20 Å². The van der Waals surface area contributed by atoms with E-state index in [1.54, 1.807) is 0 Å². The van der Waals surface area contributed by atoms with Gasteiger partial charge in [-0.05, 0) is 37.7 Å². The Morgan fingerprint density at radius 3 is 2.94 bits per heavy atom. The smallest absolute Gasteiger partial charge is 0.210 e. The molecule has 0 unspecified atom stereocenters. The Labute approximate surface area is 106 Å². The molecule has 0 N–H and O–H groups in total. The van der Waals surface area contributed by atoms with Crippen molar-refractivity contribution in [3.8, 4) is 0 Å². The quantitative estimate of drug-likeness (QED) is 0.778. The van der Waals surface area contributed by atoms with Crippen LogP contribution in [0.5, 0.6) is 0 Å². The Bertz CT molecular complexity index is 533. The SMILES string of the molecule is CCCc1nc2ccccn2c1C(=S)OCC. The molecule has 0 aromatic carbocycles. The second-order valence-corrected chi connectivity index (χ2v) is 4.18. The third kappa shape index (κ3) is 2.31. The molecule has 2 aromatic rings. The minimum atomic E-state index is 0.537. The predicted molar refractivity (Wildman–Crippen MR) is 72.5 cm³/mol. The Balaban J connectivity index is 2.55. The summed E-state index contributed by atoms with van der Waals surface area (Å²) in [5, 5.41) is 0.537. The minimum absolute atomic E-state index is 0.537. The minimum Gasteiger partial charge on any atom is -0.482 e. The molecule has 2 rings (SSSR count). The van der Waals surface area contributed by atoms with Crippen LogP contribution in [0.2, 0.25) is 0 Å². The number of rotatable bonds is 4. The van der Waals surface area contributed by atoms with Crippen LogP contribution in [0.15, 0.2) is 24.4 Å². The lowest BCUT2D eigenvalue weighted by atomic mass is 10.2. The molecule has 2 heterocycles. The Hall–Kier alpha value is -1.42. The van der Waals surface area contributed by atoms with Crippen LogP contribution >= 0.6 is 12.2 Å². The summed E-state index contributed by atoms with van der Waals surface area (Å²) >= 11 is 5.32. The highest BCUT2D eigenvalue weighted by Crippen LogP contribution is 2.16. The highest BCUT2D eigenvalue weighted by Gasteiger charge is 2.15. The normalized spacial score (nSPS) is 10.7. The van der Waals surface area contributed by atoms with Gasteiger partial charge in [-0.15, -0.1) is 0 Å². The van der Waals surface area contributed by atoms with E-state index in [-0.39, 0.29) is 0 Å². The fraction of sp³-hybridized carbons (Fsp3) is 0.385. The van der Waals surface area contributed by atoms with Gasteiger partial charge in [0.15, 0.2) is 0 Å². The lowest BCUT2D eigenvalue weighted by Gasteiger charge is -2.06. The molecule has 4 heteroatoms. The summed E-state index contributed by atoms with van der Waals surface area (Å²) in [6.07, 6.45) is 3.94. The fourth-order valence-electron chi connectivity index (χ4n) is 1.87. The molecule has 17 heavy (non-hydrogen) atoms. The van der Waals surface area contributed by atoms with Crippen LogP contribution in [0.25, 0.3) is 5.65 Å². The number of fused-ring (bicyclic) bond motifs is 1. The van der Waals surface area contributed by atoms with E-state index in [9.17, 15) is 0 Å². The Morgan fingerprint density at radius 1 is 1.41 bits per heavy atom. The lowest BCUT2D eigenvalue weighted by Crippen LogP contribution is -2.09. The largest absolute Gasteiger partial charge is 0.482 e. The van der Waals surface area contributed by atoms with Crippen molar-refractivity contribution in [3.05, 3.63) is 35.8 Å². The summed E-state index contributed by atoms with van der Waals surface area (Å²) in [6, 6.07) is 5.94. The molecule has 0 amide bonds.